The molecular weight excluding hydrogens is 390 g/mol. The Labute approximate surface area is 173 Å². The van der Waals surface area contributed by atoms with Gasteiger partial charge in [-0.15, -0.1) is 11.3 Å². The predicted molar refractivity (Wildman–Crippen MR) is 110 cm³/mol. The van der Waals surface area contributed by atoms with Gasteiger partial charge in [0, 0.05) is 22.8 Å². The maximum atomic E-state index is 12.8. The molecule has 2 atom stereocenters. The van der Waals surface area contributed by atoms with Gasteiger partial charge in [0.05, 0.1) is 13.0 Å². The van der Waals surface area contributed by atoms with E-state index in [1.807, 2.05) is 32.0 Å². The van der Waals surface area contributed by atoms with Crippen LogP contribution in [0.4, 0.5) is 5.00 Å². The number of esters is 1. The number of benzene rings is 1. The highest BCUT2D eigenvalue weighted by Crippen LogP contribution is 2.38. The van der Waals surface area contributed by atoms with Gasteiger partial charge in [-0.25, -0.2) is 4.79 Å². The molecule has 1 aliphatic carbocycles. The van der Waals surface area contributed by atoms with Gasteiger partial charge in [0.1, 0.15) is 10.6 Å². The van der Waals surface area contributed by atoms with Crippen LogP contribution in [-0.4, -0.2) is 25.0 Å². The Balaban J connectivity index is 1.98. The molecule has 0 radical (unpaired) electrons. The fourth-order valence-electron chi connectivity index (χ4n) is 3.55. The minimum absolute atomic E-state index is 0.252. The van der Waals surface area contributed by atoms with Crippen molar-refractivity contribution in [3.8, 4) is 11.1 Å². The number of methoxy groups -OCH3 is 1. The van der Waals surface area contributed by atoms with Gasteiger partial charge in [0.25, 0.3) is 0 Å². The number of anilines is 1. The molecule has 1 heterocycles. The number of ether oxygens (including phenoxy) is 1. The first-order valence-electron chi connectivity index (χ1n) is 9.27. The van der Waals surface area contributed by atoms with E-state index in [2.05, 4.69) is 5.32 Å². The summed E-state index contributed by atoms with van der Waals surface area (Å²) in [6.07, 6.45) is 4.10. The van der Waals surface area contributed by atoms with Crippen molar-refractivity contribution in [3.05, 3.63) is 52.4 Å². The summed E-state index contributed by atoms with van der Waals surface area (Å²) in [5.74, 6) is -3.88. The molecule has 0 saturated heterocycles. The van der Waals surface area contributed by atoms with Gasteiger partial charge in [-0.3, -0.25) is 4.79 Å². The van der Waals surface area contributed by atoms with Gasteiger partial charge in [0.2, 0.25) is 5.91 Å². The number of hydrogen-bond acceptors (Lipinski definition) is 6. The number of carboxylic acid groups (broad SMARTS) is 1. The van der Waals surface area contributed by atoms with Crippen LogP contribution in [0.1, 0.15) is 34.3 Å². The average Bonchev–Trinajstić information content (AvgIpc) is 3.12. The van der Waals surface area contributed by atoms with Crippen molar-refractivity contribution in [2.24, 2.45) is 11.8 Å². The third-order valence-corrected chi connectivity index (χ3v) is 6.07. The highest BCUT2D eigenvalue weighted by Gasteiger charge is 2.31. The van der Waals surface area contributed by atoms with Crippen molar-refractivity contribution in [1.82, 2.24) is 0 Å². The molecule has 29 heavy (non-hydrogen) atoms. The number of amides is 1. The second-order valence-electron chi connectivity index (χ2n) is 7.13. The Morgan fingerprint density at radius 2 is 1.79 bits per heavy atom. The van der Waals surface area contributed by atoms with E-state index in [1.165, 1.54) is 18.4 Å². The number of nitrogens with one attached hydrogen (secondary N) is 1. The van der Waals surface area contributed by atoms with Gasteiger partial charge in [-0.1, -0.05) is 35.9 Å². The fourth-order valence-corrected chi connectivity index (χ4v) is 4.50. The first-order chi connectivity index (χ1) is 13.8. The quantitative estimate of drug-likeness (QED) is 0.601. The smallest absolute Gasteiger partial charge is 0.341 e. The Kier molecular flexibility index (Phi) is 6.17. The molecule has 0 bridgehead atoms. The number of carboxylic acids is 1. The van der Waals surface area contributed by atoms with Gasteiger partial charge < -0.3 is 20.0 Å². The molecule has 3 rings (SSSR count). The molecule has 1 N–H and O–H groups in total. The monoisotopic (exact) mass is 412 g/mol. The zero-order valence-corrected chi connectivity index (χ0v) is 17.3. The molecule has 2 aromatic rings. The Bertz CT molecular complexity index is 991. The fraction of sp³-hybridized carbons (Fsp3) is 0.318. The highest BCUT2D eigenvalue weighted by molar-refractivity contribution is 7.15. The SMILES string of the molecule is COC(=O)c1c(-c2cc(C)ccc2C)csc1NC(=O)C1CC=CCC1C(=O)[O-]. The Hall–Kier alpha value is -2.93. The molecule has 0 fully saturated rings. The molecule has 2 unspecified atom stereocenters. The third-order valence-electron chi connectivity index (χ3n) is 5.17. The lowest BCUT2D eigenvalue weighted by Gasteiger charge is -2.28. The number of rotatable bonds is 5. The van der Waals surface area contributed by atoms with E-state index >= 15 is 0 Å². The van der Waals surface area contributed by atoms with Crippen LogP contribution >= 0.6 is 11.3 Å². The molecule has 7 heteroatoms. The minimum atomic E-state index is -1.25. The second-order valence-corrected chi connectivity index (χ2v) is 8.01. The maximum Gasteiger partial charge on any atom is 0.341 e. The molecule has 6 nitrogen and oxygen atoms in total. The predicted octanol–water partition coefficient (Wildman–Crippen LogP) is 3.09. The lowest BCUT2D eigenvalue weighted by molar-refractivity contribution is -0.313. The van der Waals surface area contributed by atoms with Crippen molar-refractivity contribution < 1.29 is 24.2 Å². The van der Waals surface area contributed by atoms with E-state index in [9.17, 15) is 19.5 Å². The topological polar surface area (TPSA) is 95.5 Å². The van der Waals surface area contributed by atoms with Crippen molar-refractivity contribution in [2.45, 2.75) is 26.7 Å². The van der Waals surface area contributed by atoms with Crippen LogP contribution in [0.15, 0.2) is 35.7 Å². The maximum absolute atomic E-state index is 12.8. The molecular formula is C22H22NO5S-. The molecule has 1 aromatic heterocycles. The largest absolute Gasteiger partial charge is 0.550 e. The summed E-state index contributed by atoms with van der Waals surface area (Å²) < 4.78 is 4.96. The lowest BCUT2D eigenvalue weighted by Crippen LogP contribution is -2.41. The third kappa shape index (κ3) is 4.24. The molecule has 0 saturated carbocycles. The summed E-state index contributed by atoms with van der Waals surface area (Å²) in [6, 6.07) is 5.94. The summed E-state index contributed by atoms with van der Waals surface area (Å²) >= 11 is 1.22. The number of aryl methyl sites for hydroxylation is 2. The number of carbonyl (C=O) groups excluding carboxylic acids is 3. The minimum Gasteiger partial charge on any atom is -0.550 e. The van der Waals surface area contributed by atoms with Crippen LogP contribution < -0.4 is 10.4 Å². The summed E-state index contributed by atoms with van der Waals surface area (Å²) in [6.45, 7) is 3.91. The van der Waals surface area contributed by atoms with E-state index in [4.69, 9.17) is 4.74 Å². The van der Waals surface area contributed by atoms with Crippen molar-refractivity contribution in [2.75, 3.05) is 12.4 Å². The van der Waals surface area contributed by atoms with E-state index < -0.39 is 29.7 Å². The van der Waals surface area contributed by atoms with Gasteiger partial charge >= 0.3 is 5.97 Å². The van der Waals surface area contributed by atoms with Gasteiger partial charge in [0.15, 0.2) is 0 Å². The van der Waals surface area contributed by atoms with E-state index in [0.29, 0.717) is 17.0 Å². The molecule has 1 aliphatic rings. The van der Waals surface area contributed by atoms with Crippen molar-refractivity contribution >= 4 is 34.2 Å². The molecule has 152 valence electrons. The van der Waals surface area contributed by atoms with Crippen molar-refractivity contribution in [1.29, 1.82) is 0 Å². The number of aliphatic carboxylic acids is 1. The number of carbonyl (C=O) groups is 3. The molecule has 1 amide bonds. The second kappa shape index (κ2) is 8.61. The first-order valence-corrected chi connectivity index (χ1v) is 10.2. The zero-order valence-electron chi connectivity index (χ0n) is 16.5. The standard InChI is InChI=1S/C22H23NO5S/c1-12-8-9-13(2)16(10-12)17-11-29-20(18(17)22(27)28-3)23-19(24)14-6-4-5-7-15(14)21(25)26/h4-5,8-11,14-15H,6-7H2,1-3H3,(H,23,24)(H,25,26)/p-1. The first kappa shape index (κ1) is 20.8. The summed E-state index contributed by atoms with van der Waals surface area (Å²) in [7, 11) is 1.29. The zero-order chi connectivity index (χ0) is 21.1. The van der Waals surface area contributed by atoms with E-state index in [-0.39, 0.29) is 12.0 Å². The summed E-state index contributed by atoms with van der Waals surface area (Å²) in [5, 5.41) is 16.3. The molecule has 0 aliphatic heterocycles. The van der Waals surface area contributed by atoms with Crippen LogP contribution in [0.25, 0.3) is 11.1 Å². The number of allylic oxidation sites excluding steroid dienone is 2. The lowest BCUT2D eigenvalue weighted by atomic mass is 9.82. The Morgan fingerprint density at radius 1 is 1.10 bits per heavy atom. The van der Waals surface area contributed by atoms with Crippen LogP contribution in [0.5, 0.6) is 0 Å². The molecule has 1 aromatic carbocycles. The number of hydrogen-bond donors (Lipinski definition) is 1. The number of thiophene rings is 1. The molecule has 0 spiro atoms. The van der Waals surface area contributed by atoms with Crippen molar-refractivity contribution in [3.63, 3.8) is 0 Å². The van der Waals surface area contributed by atoms with Crippen LogP contribution in [0, 0.1) is 25.7 Å². The Morgan fingerprint density at radius 3 is 2.45 bits per heavy atom. The summed E-state index contributed by atoms with van der Waals surface area (Å²) in [5.41, 5.74) is 3.87. The van der Waals surface area contributed by atoms with E-state index in [1.54, 1.807) is 17.5 Å². The van der Waals surface area contributed by atoms with Gasteiger partial charge in [-0.2, -0.15) is 0 Å². The van der Waals surface area contributed by atoms with E-state index in [0.717, 1.165) is 16.7 Å². The highest BCUT2D eigenvalue weighted by atomic mass is 32.1. The van der Waals surface area contributed by atoms with Gasteiger partial charge in [-0.05, 0) is 37.8 Å². The normalized spacial score (nSPS) is 18.3. The van der Waals surface area contributed by atoms with Crippen LogP contribution in [0.2, 0.25) is 0 Å². The average molecular weight is 412 g/mol. The summed E-state index contributed by atoms with van der Waals surface area (Å²) in [4.78, 5) is 36.8. The van der Waals surface area contributed by atoms with Crippen LogP contribution in [0.3, 0.4) is 0 Å². The van der Waals surface area contributed by atoms with Crippen LogP contribution in [-0.2, 0) is 14.3 Å².